The Morgan fingerprint density at radius 3 is 2.69 bits per heavy atom. The Hall–Kier alpha value is -0.810. The lowest BCUT2D eigenvalue weighted by molar-refractivity contribution is -0.142. The first-order valence-corrected chi connectivity index (χ1v) is 5.14. The van der Waals surface area contributed by atoms with Gasteiger partial charge in [-0.05, 0) is 26.3 Å². The maximum atomic E-state index is 11.8. The van der Waals surface area contributed by atoms with Gasteiger partial charge < -0.3 is 15.4 Å². The molecule has 1 unspecified atom stereocenters. The summed E-state index contributed by atoms with van der Waals surface area (Å²) in [4.78, 5) is 22.6. The summed E-state index contributed by atoms with van der Waals surface area (Å²) in [6.45, 7) is 3.48. The largest absolute Gasteiger partial charge is 0.468 e. The molecule has 5 nitrogen and oxygen atoms in total. The lowest BCUT2D eigenvalue weighted by Crippen LogP contribution is -2.49. The van der Waals surface area contributed by atoms with Crippen molar-refractivity contribution in [3.8, 4) is 0 Å². The predicted octanol–water partition coefficient (Wildman–Crippen LogP) is 0.0871. The van der Waals surface area contributed by atoms with E-state index in [9.17, 15) is 9.59 Å². The van der Waals surface area contributed by atoms with Gasteiger partial charge in [0.1, 0.15) is 6.54 Å². The van der Waals surface area contributed by atoms with E-state index in [-0.39, 0.29) is 24.9 Å². The Morgan fingerprint density at radius 1 is 1.50 bits per heavy atom. The van der Waals surface area contributed by atoms with Gasteiger partial charge in [-0.15, -0.1) is 12.4 Å². The standard InChI is InChI=1S/C10H18N2O3.ClH/c1-10(4-3-5-11-7-10)9(14)12-6-8(13)15-2;/h11H,3-7H2,1-2H3,(H,12,14);1H. The molecule has 6 heteroatoms. The number of carbonyl (C=O) groups is 2. The maximum absolute atomic E-state index is 11.8. The molecule has 1 rings (SSSR count). The zero-order chi connectivity index (χ0) is 11.3. The number of methoxy groups -OCH3 is 1. The highest BCUT2D eigenvalue weighted by atomic mass is 35.5. The number of rotatable bonds is 3. The van der Waals surface area contributed by atoms with Crippen LogP contribution in [0.4, 0.5) is 0 Å². The van der Waals surface area contributed by atoms with Gasteiger partial charge in [0.15, 0.2) is 0 Å². The summed E-state index contributed by atoms with van der Waals surface area (Å²) in [7, 11) is 1.30. The summed E-state index contributed by atoms with van der Waals surface area (Å²) in [5.41, 5.74) is -0.397. The summed E-state index contributed by atoms with van der Waals surface area (Å²) in [5, 5.41) is 5.77. The molecular formula is C10H19ClN2O3. The molecule has 1 aliphatic heterocycles. The van der Waals surface area contributed by atoms with Crippen LogP contribution in [0.1, 0.15) is 19.8 Å². The predicted molar refractivity (Wildman–Crippen MR) is 62.5 cm³/mol. The Balaban J connectivity index is 0.00000225. The third kappa shape index (κ3) is 3.98. The second-order valence-corrected chi connectivity index (χ2v) is 4.10. The number of hydrogen-bond donors (Lipinski definition) is 2. The van der Waals surface area contributed by atoms with Crippen LogP contribution in [-0.4, -0.2) is 38.6 Å². The Labute approximate surface area is 102 Å². The van der Waals surface area contributed by atoms with Crippen molar-refractivity contribution in [2.24, 2.45) is 5.41 Å². The molecule has 0 radical (unpaired) electrons. The van der Waals surface area contributed by atoms with Gasteiger partial charge in [0.2, 0.25) is 5.91 Å². The highest BCUT2D eigenvalue weighted by molar-refractivity contribution is 5.86. The molecule has 16 heavy (non-hydrogen) atoms. The molecule has 0 bridgehead atoms. The highest BCUT2D eigenvalue weighted by Gasteiger charge is 2.34. The zero-order valence-corrected chi connectivity index (χ0v) is 10.5. The average Bonchev–Trinajstić information content (AvgIpc) is 2.26. The number of carbonyl (C=O) groups excluding carboxylic acids is 2. The number of piperidine rings is 1. The Kier molecular flexibility index (Phi) is 6.36. The molecule has 0 aromatic rings. The summed E-state index contributed by atoms with van der Waals surface area (Å²) in [6, 6.07) is 0. The molecule has 0 aliphatic carbocycles. The quantitative estimate of drug-likeness (QED) is 0.697. The fraction of sp³-hybridized carbons (Fsp3) is 0.800. The minimum Gasteiger partial charge on any atom is -0.468 e. The third-order valence-corrected chi connectivity index (χ3v) is 2.77. The molecule has 1 fully saturated rings. The van der Waals surface area contributed by atoms with Crippen molar-refractivity contribution in [3.63, 3.8) is 0 Å². The van der Waals surface area contributed by atoms with E-state index in [0.717, 1.165) is 19.4 Å². The van der Waals surface area contributed by atoms with Gasteiger partial charge in [-0.1, -0.05) is 0 Å². The van der Waals surface area contributed by atoms with Gasteiger partial charge in [0, 0.05) is 6.54 Å². The maximum Gasteiger partial charge on any atom is 0.325 e. The number of ether oxygens (including phenoxy) is 1. The van der Waals surface area contributed by atoms with Crippen LogP contribution in [-0.2, 0) is 14.3 Å². The smallest absolute Gasteiger partial charge is 0.325 e. The van der Waals surface area contributed by atoms with E-state index >= 15 is 0 Å². The lowest BCUT2D eigenvalue weighted by atomic mass is 9.82. The van der Waals surface area contributed by atoms with Gasteiger partial charge in [-0.2, -0.15) is 0 Å². The summed E-state index contributed by atoms with van der Waals surface area (Å²) in [5.74, 6) is -0.504. The minimum atomic E-state index is -0.421. The van der Waals surface area contributed by atoms with E-state index < -0.39 is 11.4 Å². The topological polar surface area (TPSA) is 67.4 Å². The number of amides is 1. The molecule has 1 atom stereocenters. The number of esters is 1. The number of halogens is 1. The zero-order valence-electron chi connectivity index (χ0n) is 9.67. The Bertz CT molecular complexity index is 252. The van der Waals surface area contributed by atoms with E-state index in [1.54, 1.807) is 0 Å². The first-order valence-electron chi connectivity index (χ1n) is 5.14. The third-order valence-electron chi connectivity index (χ3n) is 2.77. The molecule has 1 amide bonds. The van der Waals surface area contributed by atoms with E-state index in [0.29, 0.717) is 6.54 Å². The van der Waals surface area contributed by atoms with Gasteiger partial charge in [0.25, 0.3) is 0 Å². The molecule has 1 saturated heterocycles. The summed E-state index contributed by atoms with van der Waals surface area (Å²) >= 11 is 0. The van der Waals surface area contributed by atoms with Crippen LogP contribution in [0.3, 0.4) is 0 Å². The van der Waals surface area contributed by atoms with Crippen molar-refractivity contribution < 1.29 is 14.3 Å². The van der Waals surface area contributed by atoms with Gasteiger partial charge in [-0.25, -0.2) is 0 Å². The molecule has 0 aromatic carbocycles. The van der Waals surface area contributed by atoms with Gasteiger partial charge in [0.05, 0.1) is 12.5 Å². The van der Waals surface area contributed by atoms with Crippen LogP contribution < -0.4 is 10.6 Å². The van der Waals surface area contributed by atoms with Crippen LogP contribution >= 0.6 is 12.4 Å². The molecule has 1 aliphatic rings. The van der Waals surface area contributed by atoms with E-state index in [4.69, 9.17) is 0 Å². The lowest BCUT2D eigenvalue weighted by Gasteiger charge is -2.32. The Morgan fingerprint density at radius 2 is 2.19 bits per heavy atom. The second-order valence-electron chi connectivity index (χ2n) is 4.10. The number of nitrogens with one attached hydrogen (secondary N) is 2. The van der Waals surface area contributed by atoms with E-state index in [2.05, 4.69) is 15.4 Å². The van der Waals surface area contributed by atoms with Gasteiger partial charge >= 0.3 is 5.97 Å². The van der Waals surface area contributed by atoms with Crippen molar-refractivity contribution in [2.45, 2.75) is 19.8 Å². The van der Waals surface area contributed by atoms with Crippen LogP contribution in [0.5, 0.6) is 0 Å². The summed E-state index contributed by atoms with van der Waals surface area (Å²) < 4.78 is 4.45. The van der Waals surface area contributed by atoms with Crippen LogP contribution in [0, 0.1) is 5.41 Å². The average molecular weight is 251 g/mol. The number of hydrogen-bond acceptors (Lipinski definition) is 4. The molecular weight excluding hydrogens is 232 g/mol. The van der Waals surface area contributed by atoms with Crippen molar-refractivity contribution in [3.05, 3.63) is 0 Å². The van der Waals surface area contributed by atoms with Crippen molar-refractivity contribution in [1.82, 2.24) is 10.6 Å². The van der Waals surface area contributed by atoms with E-state index in [1.165, 1.54) is 7.11 Å². The first kappa shape index (κ1) is 15.2. The van der Waals surface area contributed by atoms with Crippen molar-refractivity contribution in [2.75, 3.05) is 26.7 Å². The molecule has 1 heterocycles. The van der Waals surface area contributed by atoms with Crippen LogP contribution in [0.2, 0.25) is 0 Å². The van der Waals surface area contributed by atoms with Gasteiger partial charge in [-0.3, -0.25) is 9.59 Å². The minimum absolute atomic E-state index is 0. The first-order chi connectivity index (χ1) is 7.08. The fourth-order valence-corrected chi connectivity index (χ4v) is 1.69. The van der Waals surface area contributed by atoms with E-state index in [1.807, 2.05) is 6.92 Å². The fourth-order valence-electron chi connectivity index (χ4n) is 1.69. The molecule has 0 spiro atoms. The van der Waals surface area contributed by atoms with Crippen molar-refractivity contribution in [1.29, 1.82) is 0 Å². The molecule has 94 valence electrons. The monoisotopic (exact) mass is 250 g/mol. The second kappa shape index (κ2) is 6.70. The van der Waals surface area contributed by atoms with Crippen molar-refractivity contribution >= 4 is 24.3 Å². The highest BCUT2D eigenvalue weighted by Crippen LogP contribution is 2.25. The molecule has 0 aromatic heterocycles. The SMILES string of the molecule is COC(=O)CNC(=O)C1(C)CCCNC1.Cl. The summed E-state index contributed by atoms with van der Waals surface area (Å²) in [6.07, 6.45) is 1.84. The normalized spacial score (nSPS) is 24.1. The molecule has 2 N–H and O–H groups in total. The van der Waals surface area contributed by atoms with Crippen LogP contribution in [0.15, 0.2) is 0 Å². The van der Waals surface area contributed by atoms with Crippen LogP contribution in [0.25, 0.3) is 0 Å². The molecule has 0 saturated carbocycles.